The van der Waals surface area contributed by atoms with Crippen LogP contribution in [0.2, 0.25) is 0 Å². The van der Waals surface area contributed by atoms with Gasteiger partial charge < -0.3 is 9.32 Å². The van der Waals surface area contributed by atoms with E-state index in [0.717, 1.165) is 5.76 Å². The molecule has 0 aliphatic heterocycles. The minimum atomic E-state index is -0.185. The van der Waals surface area contributed by atoms with E-state index in [1.807, 2.05) is 19.1 Å². The number of likely N-dealkylation sites (N-methyl/N-ethyl adjacent to an activating group) is 1. The average molecular weight is 233 g/mol. The Hall–Kier alpha value is -1.00. The Morgan fingerprint density at radius 2 is 2.27 bits per heavy atom. The van der Waals surface area contributed by atoms with Crippen molar-refractivity contribution in [2.75, 3.05) is 14.1 Å². The van der Waals surface area contributed by atoms with E-state index in [4.69, 9.17) is 4.42 Å². The van der Waals surface area contributed by atoms with E-state index in [1.165, 1.54) is 0 Å². The van der Waals surface area contributed by atoms with Gasteiger partial charge in [-0.05, 0) is 19.1 Å². The van der Waals surface area contributed by atoms with Gasteiger partial charge in [0, 0.05) is 14.1 Å². The highest BCUT2D eigenvalue weighted by atomic mass is 35.5. The van der Waals surface area contributed by atoms with Crippen molar-refractivity contribution in [3.8, 4) is 0 Å². The molecule has 1 amide bonds. The van der Waals surface area contributed by atoms with Gasteiger partial charge in [0.25, 0.3) is 0 Å². The van der Waals surface area contributed by atoms with Crippen molar-refractivity contribution in [3.05, 3.63) is 24.2 Å². The van der Waals surface area contributed by atoms with Crippen LogP contribution in [0, 0.1) is 0 Å². The van der Waals surface area contributed by atoms with Crippen molar-refractivity contribution in [1.29, 1.82) is 0 Å². The second-order valence-electron chi connectivity index (χ2n) is 3.41. The van der Waals surface area contributed by atoms with Gasteiger partial charge in [-0.3, -0.25) is 10.1 Å². The number of hydrogen-bond acceptors (Lipinski definition) is 3. The number of hydrogen-bond donors (Lipinski definition) is 1. The number of carbonyl (C=O) groups excluding carboxylic acids is 1. The molecule has 0 aliphatic rings. The largest absolute Gasteiger partial charge is 0.468 e. The Labute approximate surface area is 96.0 Å². The van der Waals surface area contributed by atoms with E-state index in [0.29, 0.717) is 6.54 Å². The molecule has 1 aromatic rings. The molecular formula is C10H17ClN2O2. The number of nitrogens with one attached hydrogen (secondary N) is 1. The quantitative estimate of drug-likeness (QED) is 0.851. The van der Waals surface area contributed by atoms with Gasteiger partial charge in [0.2, 0.25) is 5.91 Å². The molecule has 0 bridgehead atoms. The predicted octanol–water partition coefficient (Wildman–Crippen LogP) is 1.27. The summed E-state index contributed by atoms with van der Waals surface area (Å²) in [5.41, 5.74) is 0. The van der Waals surface area contributed by atoms with Crippen LogP contribution in [-0.2, 0) is 11.3 Å². The van der Waals surface area contributed by atoms with Crippen LogP contribution in [0.15, 0.2) is 22.8 Å². The van der Waals surface area contributed by atoms with Gasteiger partial charge in [0.1, 0.15) is 5.76 Å². The maximum Gasteiger partial charge on any atom is 0.238 e. The molecule has 1 aromatic heterocycles. The lowest BCUT2D eigenvalue weighted by Gasteiger charge is -2.17. The zero-order valence-electron chi connectivity index (χ0n) is 9.19. The second-order valence-corrected chi connectivity index (χ2v) is 3.41. The molecule has 1 rings (SSSR count). The molecule has 0 fully saturated rings. The Morgan fingerprint density at radius 1 is 1.60 bits per heavy atom. The first-order valence-electron chi connectivity index (χ1n) is 4.58. The average Bonchev–Trinajstić information content (AvgIpc) is 2.65. The van der Waals surface area contributed by atoms with Crippen molar-refractivity contribution in [3.63, 3.8) is 0 Å². The minimum Gasteiger partial charge on any atom is -0.468 e. The van der Waals surface area contributed by atoms with Crippen LogP contribution in [0.25, 0.3) is 0 Å². The van der Waals surface area contributed by atoms with Gasteiger partial charge in [-0.25, -0.2) is 0 Å². The molecule has 1 N–H and O–H groups in total. The lowest BCUT2D eigenvalue weighted by atomic mass is 10.3. The maximum atomic E-state index is 11.4. The standard InChI is InChI=1S/C10H16N2O2.ClH/c1-8(10(13)12(2)3)11-7-9-5-4-6-14-9;/h4-6,8,11H,7H2,1-3H3;1H/t8-;/m1./s1. The Morgan fingerprint density at radius 3 is 2.73 bits per heavy atom. The summed E-state index contributed by atoms with van der Waals surface area (Å²) < 4.78 is 5.14. The van der Waals surface area contributed by atoms with Gasteiger partial charge in [0.05, 0.1) is 18.8 Å². The lowest BCUT2D eigenvalue weighted by Crippen LogP contribution is -2.41. The highest BCUT2D eigenvalue weighted by Crippen LogP contribution is 1.99. The van der Waals surface area contributed by atoms with Gasteiger partial charge in [-0.1, -0.05) is 0 Å². The third-order valence-corrected chi connectivity index (χ3v) is 1.97. The summed E-state index contributed by atoms with van der Waals surface area (Å²) in [5.74, 6) is 0.903. The van der Waals surface area contributed by atoms with E-state index < -0.39 is 0 Å². The third-order valence-electron chi connectivity index (χ3n) is 1.97. The molecule has 0 unspecified atom stereocenters. The normalized spacial score (nSPS) is 11.7. The number of halogens is 1. The molecule has 86 valence electrons. The number of carbonyl (C=O) groups is 1. The first kappa shape index (κ1) is 14.0. The van der Waals surface area contributed by atoms with Crippen LogP contribution in [0.1, 0.15) is 12.7 Å². The molecule has 0 saturated heterocycles. The maximum absolute atomic E-state index is 11.4. The molecule has 0 saturated carbocycles. The third kappa shape index (κ3) is 4.36. The van der Waals surface area contributed by atoms with Gasteiger partial charge >= 0.3 is 0 Å². The summed E-state index contributed by atoms with van der Waals surface area (Å²) in [7, 11) is 3.49. The van der Waals surface area contributed by atoms with Crippen LogP contribution < -0.4 is 5.32 Å². The fourth-order valence-electron chi connectivity index (χ4n) is 1.14. The summed E-state index contributed by atoms with van der Waals surface area (Å²) in [6, 6.07) is 3.52. The van der Waals surface area contributed by atoms with Crippen molar-refractivity contribution in [2.45, 2.75) is 19.5 Å². The summed E-state index contributed by atoms with van der Waals surface area (Å²) in [5, 5.41) is 3.08. The molecule has 0 aliphatic carbocycles. The Kier molecular flexibility index (Phi) is 6.05. The van der Waals surface area contributed by atoms with Crippen molar-refractivity contribution >= 4 is 18.3 Å². The summed E-state index contributed by atoms with van der Waals surface area (Å²) in [6.07, 6.45) is 1.62. The first-order valence-corrected chi connectivity index (χ1v) is 4.58. The van der Waals surface area contributed by atoms with Gasteiger partial charge in [-0.15, -0.1) is 12.4 Å². The first-order chi connectivity index (χ1) is 6.61. The van der Waals surface area contributed by atoms with E-state index in [-0.39, 0.29) is 24.4 Å². The van der Waals surface area contributed by atoms with E-state index in [9.17, 15) is 4.79 Å². The molecule has 1 heterocycles. The SMILES string of the molecule is C[C@@H](NCc1ccco1)C(=O)N(C)C.Cl. The van der Waals surface area contributed by atoms with Crippen LogP contribution >= 0.6 is 12.4 Å². The highest BCUT2D eigenvalue weighted by molar-refractivity contribution is 5.85. The molecule has 0 radical (unpaired) electrons. The minimum absolute atomic E-state index is 0. The predicted molar refractivity (Wildman–Crippen MR) is 61.0 cm³/mol. The Bertz CT molecular complexity index is 286. The molecule has 0 spiro atoms. The lowest BCUT2D eigenvalue weighted by molar-refractivity contribution is -0.130. The van der Waals surface area contributed by atoms with Crippen LogP contribution in [-0.4, -0.2) is 30.9 Å². The van der Waals surface area contributed by atoms with Crippen LogP contribution in [0.5, 0.6) is 0 Å². The zero-order chi connectivity index (χ0) is 10.6. The second kappa shape index (κ2) is 6.48. The monoisotopic (exact) mass is 232 g/mol. The fraction of sp³-hybridized carbons (Fsp3) is 0.500. The number of rotatable bonds is 4. The molecule has 0 aromatic carbocycles. The van der Waals surface area contributed by atoms with E-state index in [1.54, 1.807) is 25.3 Å². The van der Waals surface area contributed by atoms with E-state index in [2.05, 4.69) is 5.32 Å². The zero-order valence-corrected chi connectivity index (χ0v) is 10.0. The van der Waals surface area contributed by atoms with Crippen LogP contribution in [0.3, 0.4) is 0 Å². The molecule has 4 nitrogen and oxygen atoms in total. The summed E-state index contributed by atoms with van der Waals surface area (Å²) >= 11 is 0. The number of amides is 1. The number of furan rings is 1. The van der Waals surface area contributed by atoms with Crippen LogP contribution in [0.4, 0.5) is 0 Å². The van der Waals surface area contributed by atoms with Crippen molar-refractivity contribution in [2.24, 2.45) is 0 Å². The van der Waals surface area contributed by atoms with Gasteiger partial charge in [0.15, 0.2) is 0 Å². The smallest absolute Gasteiger partial charge is 0.238 e. The van der Waals surface area contributed by atoms with Gasteiger partial charge in [-0.2, -0.15) is 0 Å². The fourth-order valence-corrected chi connectivity index (χ4v) is 1.14. The highest BCUT2D eigenvalue weighted by Gasteiger charge is 2.13. The van der Waals surface area contributed by atoms with E-state index >= 15 is 0 Å². The number of nitrogens with zero attached hydrogens (tertiary/aromatic N) is 1. The molecule has 1 atom stereocenters. The topological polar surface area (TPSA) is 45.5 Å². The molecular weight excluding hydrogens is 216 g/mol. The molecule has 15 heavy (non-hydrogen) atoms. The summed E-state index contributed by atoms with van der Waals surface area (Å²) in [4.78, 5) is 13.0. The van der Waals surface area contributed by atoms with Crippen molar-refractivity contribution in [1.82, 2.24) is 10.2 Å². The Balaban J connectivity index is 0.00000196. The summed E-state index contributed by atoms with van der Waals surface area (Å²) in [6.45, 7) is 2.42. The molecule has 5 heteroatoms. The van der Waals surface area contributed by atoms with Crippen molar-refractivity contribution < 1.29 is 9.21 Å².